The Hall–Kier alpha value is -0.540. The largest absolute Gasteiger partial charge is 0.506 e. The zero-order chi connectivity index (χ0) is 15.0. The first-order valence-corrected chi connectivity index (χ1v) is 8.45. The average molecular weight is 468 g/mol. The minimum absolute atomic E-state index is 0.102. The van der Waals surface area contributed by atoms with Crippen LogP contribution in [0.2, 0.25) is 0 Å². The van der Waals surface area contributed by atoms with Crippen LogP contribution in [-0.2, 0) is 4.79 Å². The number of rotatable bonds is 2. The van der Waals surface area contributed by atoms with E-state index in [2.05, 4.69) is 15.9 Å². The fourth-order valence-electron chi connectivity index (χ4n) is 1.76. The molecule has 1 aliphatic rings. The Kier molecular flexibility index (Phi) is 4.80. The molecule has 1 heterocycles. The average Bonchev–Trinajstić information content (AvgIpc) is 2.60. The Labute approximate surface area is 142 Å². The summed E-state index contributed by atoms with van der Waals surface area (Å²) in [5, 5.41) is 9.74. The summed E-state index contributed by atoms with van der Waals surface area (Å²) in [7, 11) is 0. The molecule has 1 aliphatic heterocycles. The maximum atomic E-state index is 12.2. The molecule has 0 saturated carbocycles. The van der Waals surface area contributed by atoms with Crippen molar-refractivity contribution in [1.29, 1.82) is 0 Å². The molecule has 0 spiro atoms. The standard InChI is InChI=1S/C13H11BrINO3S/c1-6(2)16-12(18)10(20-13(16)19)4-7-3-8(14)5-9(15)11(7)17/h3-6,17H,1-2H3. The maximum Gasteiger partial charge on any atom is 0.293 e. The first kappa shape index (κ1) is 15.8. The SMILES string of the molecule is CC(C)N1C(=O)SC(=Cc2cc(Br)cc(I)c2O)C1=O. The van der Waals surface area contributed by atoms with Crippen molar-refractivity contribution in [3.05, 3.63) is 30.6 Å². The zero-order valence-electron chi connectivity index (χ0n) is 10.7. The zero-order valence-corrected chi connectivity index (χ0v) is 15.2. The van der Waals surface area contributed by atoms with E-state index in [9.17, 15) is 14.7 Å². The van der Waals surface area contributed by atoms with Crippen molar-refractivity contribution in [2.45, 2.75) is 19.9 Å². The van der Waals surface area contributed by atoms with Gasteiger partial charge in [0.25, 0.3) is 11.1 Å². The second kappa shape index (κ2) is 6.07. The first-order valence-electron chi connectivity index (χ1n) is 5.76. The van der Waals surface area contributed by atoms with Crippen LogP contribution in [0.3, 0.4) is 0 Å². The topological polar surface area (TPSA) is 57.6 Å². The van der Waals surface area contributed by atoms with Crippen LogP contribution in [-0.4, -0.2) is 27.2 Å². The van der Waals surface area contributed by atoms with E-state index >= 15 is 0 Å². The van der Waals surface area contributed by atoms with Gasteiger partial charge >= 0.3 is 0 Å². The summed E-state index contributed by atoms with van der Waals surface area (Å²) >= 11 is 6.25. The molecule has 2 amide bonds. The highest BCUT2D eigenvalue weighted by atomic mass is 127. The Bertz CT molecular complexity index is 630. The van der Waals surface area contributed by atoms with Gasteiger partial charge in [-0.25, -0.2) is 0 Å². The van der Waals surface area contributed by atoms with Crippen molar-refractivity contribution >= 4 is 67.5 Å². The molecule has 0 radical (unpaired) electrons. The van der Waals surface area contributed by atoms with Gasteiger partial charge in [-0.3, -0.25) is 14.5 Å². The number of aromatic hydroxyl groups is 1. The third-order valence-electron chi connectivity index (χ3n) is 2.68. The summed E-state index contributed by atoms with van der Waals surface area (Å²) in [5.41, 5.74) is 0.512. The second-order valence-corrected chi connectivity index (χ2v) is 7.54. The van der Waals surface area contributed by atoms with E-state index in [1.54, 1.807) is 32.1 Å². The molecule has 1 saturated heterocycles. The molecule has 1 fully saturated rings. The van der Waals surface area contributed by atoms with Gasteiger partial charge in [-0.1, -0.05) is 15.9 Å². The number of phenols is 1. The molecule has 0 bridgehead atoms. The number of amides is 2. The second-order valence-electron chi connectivity index (χ2n) is 4.47. The van der Waals surface area contributed by atoms with E-state index in [-0.39, 0.29) is 22.9 Å². The molecule has 0 aromatic heterocycles. The molecule has 4 nitrogen and oxygen atoms in total. The van der Waals surface area contributed by atoms with Gasteiger partial charge in [0.15, 0.2) is 0 Å². The lowest BCUT2D eigenvalue weighted by atomic mass is 10.2. The molecule has 20 heavy (non-hydrogen) atoms. The molecular weight excluding hydrogens is 457 g/mol. The van der Waals surface area contributed by atoms with Crippen LogP contribution in [0.1, 0.15) is 19.4 Å². The monoisotopic (exact) mass is 467 g/mol. The minimum atomic E-state index is -0.315. The van der Waals surface area contributed by atoms with Gasteiger partial charge in [0.2, 0.25) is 0 Å². The number of halogens is 2. The molecular formula is C13H11BrINO3S. The van der Waals surface area contributed by atoms with E-state index in [4.69, 9.17) is 0 Å². The van der Waals surface area contributed by atoms with Crippen molar-refractivity contribution < 1.29 is 14.7 Å². The Morgan fingerprint density at radius 2 is 2.05 bits per heavy atom. The van der Waals surface area contributed by atoms with Crippen molar-refractivity contribution in [2.24, 2.45) is 0 Å². The molecule has 7 heteroatoms. The third kappa shape index (κ3) is 3.04. The number of carbonyl (C=O) groups excluding carboxylic acids is 2. The molecule has 0 unspecified atom stereocenters. The number of imide groups is 1. The van der Waals surface area contributed by atoms with E-state index in [0.717, 1.165) is 16.2 Å². The van der Waals surface area contributed by atoms with Gasteiger partial charge in [0.1, 0.15) is 5.75 Å². The van der Waals surface area contributed by atoms with Gasteiger partial charge in [-0.15, -0.1) is 0 Å². The van der Waals surface area contributed by atoms with Gasteiger partial charge in [0.05, 0.1) is 8.48 Å². The first-order chi connectivity index (χ1) is 9.31. The summed E-state index contributed by atoms with van der Waals surface area (Å²) in [5.74, 6) is -0.213. The van der Waals surface area contributed by atoms with Crippen LogP contribution < -0.4 is 0 Å². The Morgan fingerprint density at radius 3 is 2.60 bits per heavy atom. The van der Waals surface area contributed by atoms with Crippen LogP contribution in [0.15, 0.2) is 21.5 Å². The third-order valence-corrected chi connectivity index (χ3v) is 4.85. The number of benzene rings is 1. The quantitative estimate of drug-likeness (QED) is 0.523. The number of carbonyl (C=O) groups is 2. The number of thioether (sulfide) groups is 1. The summed E-state index contributed by atoms with van der Waals surface area (Å²) in [6.45, 7) is 3.58. The van der Waals surface area contributed by atoms with Crippen molar-refractivity contribution in [3.8, 4) is 5.75 Å². The van der Waals surface area contributed by atoms with Crippen LogP contribution >= 0.6 is 50.3 Å². The number of hydrogen-bond donors (Lipinski definition) is 1. The minimum Gasteiger partial charge on any atom is -0.506 e. The summed E-state index contributed by atoms with van der Waals surface area (Å²) < 4.78 is 1.47. The summed E-state index contributed by atoms with van der Waals surface area (Å²) in [4.78, 5) is 25.5. The van der Waals surface area contributed by atoms with Crippen LogP contribution in [0, 0.1) is 3.57 Å². The lowest BCUT2D eigenvalue weighted by molar-refractivity contribution is -0.123. The van der Waals surface area contributed by atoms with Crippen molar-refractivity contribution in [2.75, 3.05) is 0 Å². The molecule has 0 aliphatic carbocycles. The van der Waals surface area contributed by atoms with Crippen molar-refractivity contribution in [1.82, 2.24) is 4.90 Å². The van der Waals surface area contributed by atoms with Crippen LogP contribution in [0.25, 0.3) is 6.08 Å². The normalized spacial score (nSPS) is 17.6. The number of phenolic OH excluding ortho intramolecular Hbond substituents is 1. The van der Waals surface area contributed by atoms with Crippen LogP contribution in [0.4, 0.5) is 4.79 Å². The molecule has 2 rings (SSSR count). The molecule has 1 aromatic carbocycles. The molecule has 0 atom stereocenters. The van der Waals surface area contributed by atoms with Gasteiger partial charge < -0.3 is 5.11 Å². The number of nitrogens with zero attached hydrogens (tertiary/aromatic N) is 1. The lowest BCUT2D eigenvalue weighted by Gasteiger charge is -2.16. The highest BCUT2D eigenvalue weighted by Gasteiger charge is 2.36. The van der Waals surface area contributed by atoms with E-state index < -0.39 is 0 Å². The number of hydrogen-bond acceptors (Lipinski definition) is 4. The Balaban J connectivity index is 2.43. The van der Waals surface area contributed by atoms with E-state index in [0.29, 0.717) is 14.0 Å². The van der Waals surface area contributed by atoms with Gasteiger partial charge in [-0.2, -0.15) is 0 Å². The predicted octanol–water partition coefficient (Wildman–Crippen LogP) is 4.20. The molecule has 1 N–H and O–H groups in total. The van der Waals surface area contributed by atoms with Gasteiger partial charge in [0, 0.05) is 16.1 Å². The molecule has 1 aromatic rings. The Morgan fingerprint density at radius 1 is 1.40 bits per heavy atom. The van der Waals surface area contributed by atoms with E-state index in [1.807, 2.05) is 22.6 Å². The van der Waals surface area contributed by atoms with E-state index in [1.165, 1.54) is 4.90 Å². The highest BCUT2D eigenvalue weighted by molar-refractivity contribution is 14.1. The summed E-state index contributed by atoms with van der Waals surface area (Å²) in [6, 6.07) is 3.30. The van der Waals surface area contributed by atoms with Crippen LogP contribution in [0.5, 0.6) is 5.75 Å². The highest BCUT2D eigenvalue weighted by Crippen LogP contribution is 2.36. The maximum absolute atomic E-state index is 12.2. The predicted molar refractivity (Wildman–Crippen MR) is 91.5 cm³/mol. The lowest BCUT2D eigenvalue weighted by Crippen LogP contribution is -2.34. The fraction of sp³-hybridized carbons (Fsp3) is 0.231. The van der Waals surface area contributed by atoms with Crippen molar-refractivity contribution in [3.63, 3.8) is 0 Å². The molecule has 106 valence electrons. The smallest absolute Gasteiger partial charge is 0.293 e. The summed E-state index contributed by atoms with van der Waals surface area (Å²) in [6.07, 6.45) is 1.55. The van der Waals surface area contributed by atoms with Gasteiger partial charge in [-0.05, 0) is 66.4 Å². The fourth-order valence-corrected chi connectivity index (χ4v) is 4.26.